The van der Waals surface area contributed by atoms with Crippen molar-refractivity contribution in [3.05, 3.63) is 54.1 Å². The minimum absolute atomic E-state index is 0.223. The normalized spacial score (nSPS) is 20.4. The van der Waals surface area contributed by atoms with E-state index in [0.29, 0.717) is 19.7 Å². The summed E-state index contributed by atoms with van der Waals surface area (Å²) in [5.74, 6) is -0.0166. The maximum Gasteiger partial charge on any atom is 0.573 e. The quantitative estimate of drug-likeness (QED) is 0.505. The SMILES string of the molecule is CC(C)(C)OC(=O)N1CCC2(CC1)C[C@H](c1cccc(-c3ccc(OC(F)(F)F)cc3)c1)CO2. The molecule has 5 nitrogen and oxygen atoms in total. The predicted molar refractivity (Wildman–Crippen MR) is 122 cm³/mol. The van der Waals surface area contributed by atoms with Crippen molar-refractivity contribution in [2.45, 2.75) is 63.5 Å². The van der Waals surface area contributed by atoms with Crippen molar-refractivity contribution in [1.82, 2.24) is 4.90 Å². The Balaban J connectivity index is 1.39. The van der Waals surface area contributed by atoms with Gasteiger partial charge in [-0.2, -0.15) is 0 Å². The lowest BCUT2D eigenvalue weighted by atomic mass is 9.83. The molecule has 2 aliphatic heterocycles. The molecule has 0 N–H and O–H groups in total. The lowest BCUT2D eigenvalue weighted by molar-refractivity contribution is -0.274. The van der Waals surface area contributed by atoms with Gasteiger partial charge in [-0.15, -0.1) is 13.2 Å². The molecular formula is C26H30F3NO4. The van der Waals surface area contributed by atoms with Crippen LogP contribution in [0.1, 0.15) is 51.5 Å². The highest BCUT2D eigenvalue weighted by Gasteiger charge is 2.44. The standard InChI is InChI=1S/C26H30F3NO4/c1-24(2,3)34-23(31)30-13-11-25(12-14-30)16-21(17-32-25)20-6-4-5-19(15-20)18-7-9-22(10-8-18)33-26(27,28)29/h4-10,15,21H,11-14,16-17H2,1-3H3/t21-/m0/s1. The summed E-state index contributed by atoms with van der Waals surface area (Å²) < 4.78 is 53.0. The maximum atomic E-state index is 12.4. The second-order valence-corrected chi connectivity index (χ2v) is 10.1. The van der Waals surface area contributed by atoms with E-state index in [1.807, 2.05) is 32.9 Å². The molecule has 8 heteroatoms. The first-order valence-corrected chi connectivity index (χ1v) is 11.5. The van der Waals surface area contributed by atoms with E-state index in [1.165, 1.54) is 12.1 Å². The second kappa shape index (κ2) is 9.13. The molecule has 34 heavy (non-hydrogen) atoms. The summed E-state index contributed by atoms with van der Waals surface area (Å²) in [5, 5.41) is 0. The lowest BCUT2D eigenvalue weighted by Crippen LogP contribution is -2.47. The summed E-state index contributed by atoms with van der Waals surface area (Å²) in [6.07, 6.45) is -2.58. The fraction of sp³-hybridized carbons (Fsp3) is 0.500. The fourth-order valence-electron chi connectivity index (χ4n) is 4.65. The van der Waals surface area contributed by atoms with Crippen LogP contribution in [-0.2, 0) is 9.47 Å². The molecule has 2 fully saturated rings. The summed E-state index contributed by atoms with van der Waals surface area (Å²) in [4.78, 5) is 14.1. The Hall–Kier alpha value is -2.74. The average molecular weight is 478 g/mol. The highest BCUT2D eigenvalue weighted by Crippen LogP contribution is 2.43. The zero-order chi connectivity index (χ0) is 24.6. The van der Waals surface area contributed by atoms with Gasteiger partial charge in [0.1, 0.15) is 11.4 Å². The molecule has 0 unspecified atom stereocenters. The third kappa shape index (κ3) is 6.03. The molecule has 2 aromatic carbocycles. The van der Waals surface area contributed by atoms with E-state index in [-0.39, 0.29) is 23.4 Å². The van der Waals surface area contributed by atoms with Gasteiger partial charge in [-0.3, -0.25) is 0 Å². The fourth-order valence-corrected chi connectivity index (χ4v) is 4.65. The van der Waals surface area contributed by atoms with Gasteiger partial charge in [-0.1, -0.05) is 36.4 Å². The number of amides is 1. The summed E-state index contributed by atoms with van der Waals surface area (Å²) >= 11 is 0. The van der Waals surface area contributed by atoms with Crippen molar-refractivity contribution >= 4 is 6.09 Å². The number of nitrogens with zero attached hydrogens (tertiary/aromatic N) is 1. The van der Waals surface area contributed by atoms with E-state index in [4.69, 9.17) is 9.47 Å². The van der Waals surface area contributed by atoms with Crippen molar-refractivity contribution in [3.8, 4) is 16.9 Å². The third-order valence-electron chi connectivity index (χ3n) is 6.31. The van der Waals surface area contributed by atoms with Crippen LogP contribution in [0.15, 0.2) is 48.5 Å². The van der Waals surface area contributed by atoms with Gasteiger partial charge >= 0.3 is 12.5 Å². The van der Waals surface area contributed by atoms with Crippen LogP contribution in [0.4, 0.5) is 18.0 Å². The molecular weight excluding hydrogens is 447 g/mol. The molecule has 0 bridgehead atoms. The maximum absolute atomic E-state index is 12.4. The number of halogens is 3. The molecule has 0 aromatic heterocycles. The minimum Gasteiger partial charge on any atom is -0.444 e. The number of likely N-dealkylation sites (tertiary alicyclic amines) is 1. The highest BCUT2D eigenvalue weighted by molar-refractivity contribution is 5.68. The smallest absolute Gasteiger partial charge is 0.444 e. The Labute approximate surface area is 197 Å². The van der Waals surface area contributed by atoms with E-state index >= 15 is 0 Å². The first-order chi connectivity index (χ1) is 15.9. The number of carbonyl (C=O) groups is 1. The number of hydrogen-bond acceptors (Lipinski definition) is 4. The molecule has 0 radical (unpaired) electrons. The van der Waals surface area contributed by atoms with Gasteiger partial charge in [0, 0.05) is 19.0 Å². The van der Waals surface area contributed by atoms with Crippen LogP contribution in [0.2, 0.25) is 0 Å². The Morgan fingerprint density at radius 2 is 1.71 bits per heavy atom. The average Bonchev–Trinajstić information content (AvgIpc) is 3.16. The van der Waals surface area contributed by atoms with Gasteiger partial charge in [0.15, 0.2) is 0 Å². The Kier molecular flexibility index (Phi) is 6.55. The number of hydrogen-bond donors (Lipinski definition) is 0. The van der Waals surface area contributed by atoms with Gasteiger partial charge in [0.05, 0.1) is 12.2 Å². The molecule has 2 aromatic rings. The van der Waals surface area contributed by atoms with E-state index < -0.39 is 12.0 Å². The van der Waals surface area contributed by atoms with Crippen molar-refractivity contribution < 1.29 is 32.2 Å². The summed E-state index contributed by atoms with van der Waals surface area (Å²) in [6, 6.07) is 13.9. The second-order valence-electron chi connectivity index (χ2n) is 10.1. The van der Waals surface area contributed by atoms with E-state index in [0.717, 1.165) is 36.0 Å². The number of ether oxygens (including phenoxy) is 3. The zero-order valence-electron chi connectivity index (χ0n) is 19.7. The van der Waals surface area contributed by atoms with Gasteiger partial charge < -0.3 is 19.1 Å². The number of carbonyl (C=O) groups excluding carboxylic acids is 1. The van der Waals surface area contributed by atoms with Crippen LogP contribution in [0, 0.1) is 0 Å². The molecule has 2 saturated heterocycles. The number of piperidine rings is 1. The Morgan fingerprint density at radius 3 is 2.32 bits per heavy atom. The van der Waals surface area contributed by atoms with Crippen LogP contribution in [0.5, 0.6) is 5.75 Å². The van der Waals surface area contributed by atoms with Gasteiger partial charge in [-0.25, -0.2) is 4.79 Å². The lowest BCUT2D eigenvalue weighted by Gasteiger charge is -2.39. The highest BCUT2D eigenvalue weighted by atomic mass is 19.4. The number of alkyl halides is 3. The monoisotopic (exact) mass is 477 g/mol. The van der Waals surface area contributed by atoms with E-state index in [9.17, 15) is 18.0 Å². The summed E-state index contributed by atoms with van der Waals surface area (Å²) in [6.45, 7) is 7.40. The van der Waals surface area contributed by atoms with Crippen LogP contribution < -0.4 is 4.74 Å². The molecule has 1 spiro atoms. The molecule has 4 rings (SSSR count). The predicted octanol–water partition coefficient (Wildman–Crippen LogP) is 6.53. The topological polar surface area (TPSA) is 48.0 Å². The summed E-state index contributed by atoms with van der Waals surface area (Å²) in [5.41, 5.74) is 2.13. The van der Waals surface area contributed by atoms with Crippen LogP contribution >= 0.6 is 0 Å². The van der Waals surface area contributed by atoms with Gasteiger partial charge in [0.25, 0.3) is 0 Å². The number of rotatable bonds is 3. The molecule has 0 aliphatic carbocycles. The Bertz CT molecular complexity index is 1010. The largest absolute Gasteiger partial charge is 0.573 e. The first-order valence-electron chi connectivity index (χ1n) is 11.5. The van der Waals surface area contributed by atoms with Crippen molar-refractivity contribution in [1.29, 1.82) is 0 Å². The third-order valence-corrected chi connectivity index (χ3v) is 6.31. The van der Waals surface area contributed by atoms with Crippen LogP contribution in [0.3, 0.4) is 0 Å². The van der Waals surface area contributed by atoms with Crippen LogP contribution in [-0.4, -0.2) is 48.3 Å². The first kappa shape index (κ1) is 24.4. The molecule has 184 valence electrons. The zero-order valence-corrected chi connectivity index (χ0v) is 19.7. The minimum atomic E-state index is -4.71. The van der Waals surface area contributed by atoms with Crippen molar-refractivity contribution in [2.24, 2.45) is 0 Å². The van der Waals surface area contributed by atoms with Crippen LogP contribution in [0.25, 0.3) is 11.1 Å². The van der Waals surface area contributed by atoms with Gasteiger partial charge in [0.2, 0.25) is 0 Å². The summed E-state index contributed by atoms with van der Waals surface area (Å²) in [7, 11) is 0. The molecule has 1 amide bonds. The molecule has 1 atom stereocenters. The van der Waals surface area contributed by atoms with Crippen molar-refractivity contribution in [2.75, 3.05) is 19.7 Å². The Morgan fingerprint density at radius 1 is 1.03 bits per heavy atom. The van der Waals surface area contributed by atoms with E-state index in [1.54, 1.807) is 17.0 Å². The molecule has 2 heterocycles. The molecule has 0 saturated carbocycles. The molecule has 2 aliphatic rings. The van der Waals surface area contributed by atoms with Gasteiger partial charge in [-0.05, 0) is 68.9 Å². The number of benzene rings is 2. The van der Waals surface area contributed by atoms with E-state index in [2.05, 4.69) is 16.9 Å². The van der Waals surface area contributed by atoms with Crippen molar-refractivity contribution in [3.63, 3.8) is 0 Å².